The van der Waals surface area contributed by atoms with E-state index < -0.39 is 0 Å². The summed E-state index contributed by atoms with van der Waals surface area (Å²) in [6.45, 7) is 7.04. The number of hydrogen-bond acceptors (Lipinski definition) is 2. The SMILES string of the molecule is CC1CCCCC=CCCC2=CC=CN(CCCCCCC=CCCC3=CN(CC=C3)C1)C2. The Morgan fingerprint density at radius 1 is 0.758 bits per heavy atom. The van der Waals surface area contributed by atoms with E-state index in [-0.39, 0.29) is 0 Å². The third-order valence-electron chi connectivity index (χ3n) is 7.05. The van der Waals surface area contributed by atoms with Gasteiger partial charge in [0.25, 0.3) is 0 Å². The van der Waals surface area contributed by atoms with E-state index in [1.807, 2.05) is 0 Å². The third kappa shape index (κ3) is 11.1. The Bertz CT molecular complexity index is 721. The normalized spacial score (nSPS) is 24.9. The van der Waals surface area contributed by atoms with Gasteiger partial charge < -0.3 is 9.80 Å². The van der Waals surface area contributed by atoms with Crippen molar-refractivity contribution in [2.75, 3.05) is 26.2 Å². The standard InChI is InChI=1S/C31H48N2/c1-29-18-12-8-5-6-10-13-19-30-21-16-24-32(27-30)23-15-11-7-3-2-4-9-14-20-31-22-17-25-33(26-29)28-31/h4,6,9-10,16-17,21-22,24,28-29H,2-3,5,7-8,11-15,18-20,23,25-27H2,1H3. The van der Waals surface area contributed by atoms with Crippen LogP contribution in [0.2, 0.25) is 0 Å². The van der Waals surface area contributed by atoms with Crippen LogP contribution in [-0.4, -0.2) is 36.0 Å². The molecule has 0 N–H and O–H groups in total. The van der Waals surface area contributed by atoms with Crippen LogP contribution in [0.15, 0.2) is 72.2 Å². The molecular weight excluding hydrogens is 400 g/mol. The second-order valence-electron chi connectivity index (χ2n) is 10.3. The highest BCUT2D eigenvalue weighted by molar-refractivity contribution is 5.23. The third-order valence-corrected chi connectivity index (χ3v) is 7.05. The molecule has 1 atom stereocenters. The van der Waals surface area contributed by atoms with E-state index in [1.165, 1.54) is 102 Å². The molecule has 2 heteroatoms. The van der Waals surface area contributed by atoms with Gasteiger partial charge in [-0.1, -0.05) is 74.3 Å². The molecule has 4 bridgehead atoms. The first-order valence-corrected chi connectivity index (χ1v) is 13.8. The zero-order valence-corrected chi connectivity index (χ0v) is 21.3. The van der Waals surface area contributed by atoms with Crippen LogP contribution in [0.1, 0.15) is 90.4 Å². The molecule has 0 spiro atoms. The van der Waals surface area contributed by atoms with Gasteiger partial charge in [0, 0.05) is 32.4 Å². The van der Waals surface area contributed by atoms with Crippen molar-refractivity contribution in [2.24, 2.45) is 5.92 Å². The Hall–Kier alpha value is -1.96. The molecule has 2 nitrogen and oxygen atoms in total. The van der Waals surface area contributed by atoms with E-state index >= 15 is 0 Å². The minimum Gasteiger partial charge on any atom is -0.373 e. The van der Waals surface area contributed by atoms with E-state index in [0.717, 1.165) is 19.0 Å². The summed E-state index contributed by atoms with van der Waals surface area (Å²) in [6.07, 6.45) is 40.2. The van der Waals surface area contributed by atoms with Crippen molar-refractivity contribution in [1.29, 1.82) is 0 Å². The van der Waals surface area contributed by atoms with Crippen molar-refractivity contribution >= 4 is 0 Å². The summed E-state index contributed by atoms with van der Waals surface area (Å²) in [5.41, 5.74) is 3.08. The highest BCUT2D eigenvalue weighted by Gasteiger charge is 2.10. The van der Waals surface area contributed by atoms with Gasteiger partial charge in [-0.15, -0.1) is 0 Å². The zero-order chi connectivity index (χ0) is 23.0. The van der Waals surface area contributed by atoms with Crippen LogP contribution >= 0.6 is 0 Å². The Kier molecular flexibility index (Phi) is 12.3. The number of nitrogens with zero attached hydrogens (tertiary/aromatic N) is 2. The lowest BCUT2D eigenvalue weighted by Gasteiger charge is -2.26. The average molecular weight is 449 g/mol. The summed E-state index contributed by atoms with van der Waals surface area (Å²) in [5.74, 6) is 0.769. The second kappa shape index (κ2) is 15.8. The van der Waals surface area contributed by atoms with Gasteiger partial charge in [0.15, 0.2) is 0 Å². The maximum absolute atomic E-state index is 2.53. The maximum Gasteiger partial charge on any atom is 0.0386 e. The Labute approximate surface area is 204 Å². The van der Waals surface area contributed by atoms with Crippen molar-refractivity contribution in [3.8, 4) is 0 Å². The van der Waals surface area contributed by atoms with Gasteiger partial charge >= 0.3 is 0 Å². The minimum atomic E-state index is 0.769. The second-order valence-corrected chi connectivity index (χ2v) is 10.3. The van der Waals surface area contributed by atoms with Crippen molar-refractivity contribution in [1.82, 2.24) is 9.80 Å². The first kappa shape index (κ1) is 25.7. The molecular formula is C31H48N2. The summed E-state index contributed by atoms with van der Waals surface area (Å²) in [4.78, 5) is 5.05. The van der Waals surface area contributed by atoms with E-state index in [4.69, 9.17) is 0 Å². The molecule has 3 aliphatic heterocycles. The Morgan fingerprint density at radius 2 is 1.52 bits per heavy atom. The number of hydrogen-bond donors (Lipinski definition) is 0. The molecule has 0 aromatic carbocycles. The predicted octanol–water partition coefficient (Wildman–Crippen LogP) is 8.33. The molecule has 3 aliphatic rings. The molecule has 0 saturated heterocycles. The van der Waals surface area contributed by atoms with Crippen molar-refractivity contribution in [3.05, 3.63) is 72.2 Å². The average Bonchev–Trinajstić information content (AvgIpc) is 2.82. The lowest BCUT2D eigenvalue weighted by molar-refractivity contribution is 0.323. The van der Waals surface area contributed by atoms with E-state index in [9.17, 15) is 0 Å². The van der Waals surface area contributed by atoms with Crippen LogP contribution in [0, 0.1) is 5.92 Å². The predicted molar refractivity (Wildman–Crippen MR) is 145 cm³/mol. The van der Waals surface area contributed by atoms with Crippen LogP contribution < -0.4 is 0 Å². The van der Waals surface area contributed by atoms with Crippen LogP contribution in [0.4, 0.5) is 0 Å². The Morgan fingerprint density at radius 3 is 2.39 bits per heavy atom. The number of allylic oxidation sites excluding steroid dienone is 8. The van der Waals surface area contributed by atoms with Crippen molar-refractivity contribution < 1.29 is 0 Å². The smallest absolute Gasteiger partial charge is 0.0386 e. The van der Waals surface area contributed by atoms with Gasteiger partial charge in [-0.2, -0.15) is 0 Å². The van der Waals surface area contributed by atoms with Crippen LogP contribution in [0.3, 0.4) is 0 Å². The molecule has 0 aliphatic carbocycles. The highest BCUT2D eigenvalue weighted by atomic mass is 15.1. The molecule has 0 aromatic heterocycles. The summed E-state index contributed by atoms with van der Waals surface area (Å²) >= 11 is 0. The number of rotatable bonds is 0. The Balaban J connectivity index is 1.45. The zero-order valence-electron chi connectivity index (χ0n) is 21.3. The largest absolute Gasteiger partial charge is 0.373 e. The van der Waals surface area contributed by atoms with Gasteiger partial charge in [-0.25, -0.2) is 0 Å². The van der Waals surface area contributed by atoms with E-state index in [0.29, 0.717) is 0 Å². The fourth-order valence-electron chi connectivity index (χ4n) is 5.10. The molecule has 0 radical (unpaired) electrons. The fraction of sp³-hybridized carbons (Fsp3) is 0.613. The topological polar surface area (TPSA) is 6.48 Å². The first-order valence-electron chi connectivity index (χ1n) is 13.8. The molecule has 33 heavy (non-hydrogen) atoms. The monoisotopic (exact) mass is 448 g/mol. The number of fused-ring (bicyclic) bond motifs is 3. The molecule has 0 saturated carbocycles. The van der Waals surface area contributed by atoms with E-state index in [2.05, 4.69) is 77.7 Å². The van der Waals surface area contributed by atoms with Gasteiger partial charge in [0.2, 0.25) is 0 Å². The fourth-order valence-corrected chi connectivity index (χ4v) is 5.10. The van der Waals surface area contributed by atoms with Crippen molar-refractivity contribution in [3.63, 3.8) is 0 Å². The van der Waals surface area contributed by atoms with Gasteiger partial charge in [-0.05, 0) is 88.0 Å². The van der Waals surface area contributed by atoms with Crippen LogP contribution in [0.5, 0.6) is 0 Å². The molecule has 3 rings (SSSR count). The summed E-state index contributed by atoms with van der Waals surface area (Å²) in [6, 6.07) is 0. The first-order chi connectivity index (χ1) is 16.3. The van der Waals surface area contributed by atoms with E-state index in [1.54, 1.807) is 5.57 Å². The van der Waals surface area contributed by atoms with Crippen LogP contribution in [-0.2, 0) is 0 Å². The molecule has 3 heterocycles. The maximum atomic E-state index is 2.53. The molecule has 1 unspecified atom stereocenters. The summed E-state index contributed by atoms with van der Waals surface area (Å²) in [7, 11) is 0. The quantitative estimate of drug-likeness (QED) is 0.344. The molecule has 0 aromatic rings. The molecule has 0 amide bonds. The van der Waals surface area contributed by atoms with Crippen molar-refractivity contribution in [2.45, 2.75) is 90.4 Å². The molecule has 182 valence electrons. The summed E-state index contributed by atoms with van der Waals surface area (Å²) in [5, 5.41) is 0. The lowest BCUT2D eigenvalue weighted by Crippen LogP contribution is -2.25. The lowest BCUT2D eigenvalue weighted by atomic mass is 10.0. The van der Waals surface area contributed by atoms with Gasteiger partial charge in [-0.3, -0.25) is 0 Å². The minimum absolute atomic E-state index is 0.769. The highest BCUT2D eigenvalue weighted by Crippen LogP contribution is 2.19. The van der Waals surface area contributed by atoms with Crippen LogP contribution in [0.25, 0.3) is 0 Å². The summed E-state index contributed by atoms with van der Waals surface area (Å²) < 4.78 is 0. The molecule has 0 fully saturated rings. The van der Waals surface area contributed by atoms with Gasteiger partial charge in [0.05, 0.1) is 0 Å². The van der Waals surface area contributed by atoms with Gasteiger partial charge in [0.1, 0.15) is 0 Å².